The van der Waals surface area contributed by atoms with Gasteiger partial charge in [0.1, 0.15) is 0 Å². The second kappa shape index (κ2) is 4.29. The Kier molecular flexibility index (Phi) is 3.04. The van der Waals surface area contributed by atoms with Gasteiger partial charge in [0.15, 0.2) is 5.92 Å². The normalized spacial score (nSPS) is 13.7. The van der Waals surface area contributed by atoms with Gasteiger partial charge < -0.3 is 9.67 Å². The zero-order chi connectivity index (χ0) is 14.4. The van der Waals surface area contributed by atoms with Crippen LogP contribution in [0.15, 0.2) is 24.3 Å². The smallest absolute Gasteiger partial charge is 0.406 e. The molecule has 2 rings (SSSR count). The highest BCUT2D eigenvalue weighted by Crippen LogP contribution is 2.40. The lowest BCUT2D eigenvalue weighted by molar-refractivity contribution is -0.176. The van der Waals surface area contributed by atoms with E-state index in [0.717, 1.165) is 0 Å². The van der Waals surface area contributed by atoms with Crippen molar-refractivity contribution in [3.8, 4) is 0 Å². The summed E-state index contributed by atoms with van der Waals surface area (Å²) in [5.74, 6) is -4.38. The number of carboxylic acid groups (broad SMARTS) is 1. The molecule has 2 aromatic rings. The molecule has 19 heavy (non-hydrogen) atoms. The van der Waals surface area contributed by atoms with Crippen LogP contribution in [0.2, 0.25) is 0 Å². The largest absolute Gasteiger partial charge is 0.481 e. The van der Waals surface area contributed by atoms with E-state index in [4.69, 9.17) is 5.11 Å². The molecule has 1 heterocycles. The molecule has 0 aliphatic rings. The van der Waals surface area contributed by atoms with E-state index in [1.54, 1.807) is 29.8 Å². The van der Waals surface area contributed by atoms with Crippen LogP contribution in [-0.4, -0.2) is 21.8 Å². The molecule has 0 saturated heterocycles. The molecular weight excluding hydrogens is 259 g/mol. The van der Waals surface area contributed by atoms with Crippen LogP contribution in [0.5, 0.6) is 0 Å². The summed E-state index contributed by atoms with van der Waals surface area (Å²) >= 11 is 0. The molecule has 0 aliphatic carbocycles. The minimum atomic E-state index is -4.82. The molecule has 3 nitrogen and oxygen atoms in total. The summed E-state index contributed by atoms with van der Waals surface area (Å²) in [6.45, 7) is 1.50. The molecule has 1 N–H and O–H groups in total. The lowest BCUT2D eigenvalue weighted by Crippen LogP contribution is -2.28. The van der Waals surface area contributed by atoms with Crippen molar-refractivity contribution in [3.63, 3.8) is 0 Å². The first kappa shape index (κ1) is 13.5. The van der Waals surface area contributed by atoms with Gasteiger partial charge in [-0.15, -0.1) is 0 Å². The molecule has 0 fully saturated rings. The average molecular weight is 271 g/mol. The van der Waals surface area contributed by atoms with E-state index in [-0.39, 0.29) is 5.56 Å². The van der Waals surface area contributed by atoms with Gasteiger partial charge in [0.25, 0.3) is 0 Å². The first-order chi connectivity index (χ1) is 8.75. The predicted octanol–water partition coefficient (Wildman–Crippen LogP) is 3.22. The quantitative estimate of drug-likeness (QED) is 0.911. The van der Waals surface area contributed by atoms with Gasteiger partial charge in [-0.3, -0.25) is 4.79 Å². The number of fused-ring (bicyclic) bond motifs is 1. The van der Waals surface area contributed by atoms with Crippen LogP contribution in [0.25, 0.3) is 10.9 Å². The van der Waals surface area contributed by atoms with Crippen molar-refractivity contribution in [2.45, 2.75) is 19.0 Å². The maximum atomic E-state index is 13.0. The number of hydrogen-bond acceptors (Lipinski definition) is 1. The maximum Gasteiger partial charge on any atom is 0.406 e. The van der Waals surface area contributed by atoms with Crippen LogP contribution in [0.1, 0.15) is 17.2 Å². The van der Waals surface area contributed by atoms with Crippen molar-refractivity contribution in [2.24, 2.45) is 7.05 Å². The van der Waals surface area contributed by atoms with Crippen molar-refractivity contribution in [1.29, 1.82) is 0 Å². The summed E-state index contributed by atoms with van der Waals surface area (Å²) in [4.78, 5) is 11.0. The van der Waals surface area contributed by atoms with Crippen molar-refractivity contribution in [3.05, 3.63) is 35.5 Å². The van der Waals surface area contributed by atoms with E-state index in [2.05, 4.69) is 0 Å². The van der Waals surface area contributed by atoms with Crippen LogP contribution < -0.4 is 0 Å². The van der Waals surface area contributed by atoms with E-state index in [0.29, 0.717) is 16.6 Å². The molecule has 1 unspecified atom stereocenters. The van der Waals surface area contributed by atoms with Crippen LogP contribution >= 0.6 is 0 Å². The Morgan fingerprint density at radius 3 is 2.42 bits per heavy atom. The van der Waals surface area contributed by atoms with Crippen LogP contribution in [0.3, 0.4) is 0 Å². The lowest BCUT2D eigenvalue weighted by atomic mass is 9.95. The van der Waals surface area contributed by atoms with Gasteiger partial charge in [-0.2, -0.15) is 13.2 Å². The predicted molar refractivity (Wildman–Crippen MR) is 64.1 cm³/mol. The summed E-state index contributed by atoms with van der Waals surface area (Å²) in [5, 5.41) is 9.25. The van der Waals surface area contributed by atoms with Gasteiger partial charge in [0, 0.05) is 29.2 Å². The number of halogens is 3. The molecule has 0 radical (unpaired) electrons. The minimum absolute atomic E-state index is 0.182. The highest BCUT2D eigenvalue weighted by molar-refractivity contribution is 5.91. The van der Waals surface area contributed by atoms with E-state index in [1.165, 1.54) is 13.0 Å². The number of aliphatic carboxylic acids is 1. The Balaban J connectivity index is 2.81. The van der Waals surface area contributed by atoms with Gasteiger partial charge >= 0.3 is 12.1 Å². The van der Waals surface area contributed by atoms with E-state index in [1.807, 2.05) is 0 Å². The summed E-state index contributed by atoms with van der Waals surface area (Å²) in [5.41, 5.74) is 0.717. The van der Waals surface area contributed by atoms with Gasteiger partial charge in [-0.1, -0.05) is 18.2 Å². The second-order valence-corrected chi connectivity index (χ2v) is 4.39. The molecule has 0 bridgehead atoms. The third-order valence-electron chi connectivity index (χ3n) is 3.31. The summed E-state index contributed by atoms with van der Waals surface area (Å²) < 4.78 is 40.5. The number of carboxylic acids is 1. The van der Waals surface area contributed by atoms with Gasteiger partial charge in [-0.25, -0.2) is 0 Å². The topological polar surface area (TPSA) is 42.2 Å². The zero-order valence-corrected chi connectivity index (χ0v) is 10.3. The Bertz CT molecular complexity index is 643. The molecule has 0 spiro atoms. The van der Waals surface area contributed by atoms with E-state index < -0.39 is 18.1 Å². The van der Waals surface area contributed by atoms with E-state index in [9.17, 15) is 18.0 Å². The standard InChI is InChI=1S/C13H12F3NO2/c1-7-10(11(12(18)19)13(14,15)16)8-5-3-4-6-9(8)17(7)2/h3-6,11H,1-2H3,(H,18,19). The third kappa shape index (κ3) is 2.07. The van der Waals surface area contributed by atoms with Crippen LogP contribution in [-0.2, 0) is 11.8 Å². The summed E-state index contributed by atoms with van der Waals surface area (Å²) in [6, 6.07) is 6.48. The highest BCUT2D eigenvalue weighted by atomic mass is 19.4. The molecule has 1 atom stereocenters. The van der Waals surface area contributed by atoms with Gasteiger partial charge in [0.2, 0.25) is 0 Å². The fourth-order valence-corrected chi connectivity index (χ4v) is 2.34. The Morgan fingerprint density at radius 2 is 1.89 bits per heavy atom. The number of benzene rings is 1. The number of aryl methyl sites for hydroxylation is 1. The molecule has 0 amide bonds. The van der Waals surface area contributed by atoms with Crippen LogP contribution in [0, 0.1) is 6.92 Å². The average Bonchev–Trinajstić information content (AvgIpc) is 2.53. The van der Waals surface area contributed by atoms with Crippen molar-refractivity contribution >= 4 is 16.9 Å². The fraction of sp³-hybridized carbons (Fsp3) is 0.308. The molecule has 0 saturated carbocycles. The highest BCUT2D eigenvalue weighted by Gasteiger charge is 2.48. The van der Waals surface area contributed by atoms with Crippen LogP contribution in [0.4, 0.5) is 13.2 Å². The van der Waals surface area contributed by atoms with Gasteiger partial charge in [0.05, 0.1) is 0 Å². The van der Waals surface area contributed by atoms with E-state index >= 15 is 0 Å². The second-order valence-electron chi connectivity index (χ2n) is 4.39. The first-order valence-electron chi connectivity index (χ1n) is 5.58. The van der Waals surface area contributed by atoms with Gasteiger partial charge in [-0.05, 0) is 13.0 Å². The minimum Gasteiger partial charge on any atom is -0.481 e. The number of nitrogens with zero attached hydrogens (tertiary/aromatic N) is 1. The molecule has 1 aromatic carbocycles. The Labute approximate surface area is 107 Å². The molecular formula is C13H12F3NO2. The first-order valence-corrected chi connectivity index (χ1v) is 5.58. The maximum absolute atomic E-state index is 13.0. The fourth-order valence-electron chi connectivity index (χ4n) is 2.34. The molecule has 6 heteroatoms. The number of carbonyl (C=O) groups is 1. The van der Waals surface area contributed by atoms with Crippen molar-refractivity contribution in [2.75, 3.05) is 0 Å². The van der Waals surface area contributed by atoms with Crippen molar-refractivity contribution in [1.82, 2.24) is 4.57 Å². The molecule has 102 valence electrons. The lowest BCUT2D eigenvalue weighted by Gasteiger charge is -2.17. The number of aromatic nitrogens is 1. The number of alkyl halides is 3. The molecule has 0 aliphatic heterocycles. The zero-order valence-electron chi connectivity index (χ0n) is 10.3. The SMILES string of the molecule is Cc1c(C(C(=O)O)C(F)(F)F)c2ccccc2n1C. The van der Waals surface area contributed by atoms with Crippen molar-refractivity contribution < 1.29 is 23.1 Å². The monoisotopic (exact) mass is 271 g/mol. The summed E-state index contributed by atoms with van der Waals surface area (Å²) in [6.07, 6.45) is -4.82. The number of hydrogen-bond donors (Lipinski definition) is 1. The summed E-state index contributed by atoms with van der Waals surface area (Å²) in [7, 11) is 1.62. The number of rotatable bonds is 2. The Morgan fingerprint density at radius 1 is 1.32 bits per heavy atom. The third-order valence-corrected chi connectivity index (χ3v) is 3.31. The molecule has 1 aromatic heterocycles. The number of para-hydroxylation sites is 1. The Hall–Kier alpha value is -1.98.